The van der Waals surface area contributed by atoms with E-state index in [1.165, 1.54) is 6.92 Å². The predicted octanol–water partition coefficient (Wildman–Crippen LogP) is 2.25. The second kappa shape index (κ2) is 14.8. The van der Waals surface area contributed by atoms with Crippen LogP contribution < -0.4 is 10.6 Å². The van der Waals surface area contributed by atoms with Crippen molar-refractivity contribution in [1.82, 2.24) is 10.2 Å². The first kappa shape index (κ1) is 29.6. The second-order valence-corrected chi connectivity index (χ2v) is 9.56. The third-order valence-electron chi connectivity index (χ3n) is 6.44. The Morgan fingerprint density at radius 1 is 0.974 bits per heavy atom. The number of Topliss-reactive ketones (excluding diaryl/α,β-unsaturated/α-hetero) is 1. The number of hydrogen-bond acceptors (Lipinski definition) is 6. The maximum atomic E-state index is 12.4. The first-order valence-corrected chi connectivity index (χ1v) is 13.2. The lowest BCUT2D eigenvalue weighted by Gasteiger charge is -2.19. The number of aliphatic hydroxyl groups excluding tert-OH is 2. The lowest BCUT2D eigenvalue weighted by atomic mass is 10.1. The molecule has 1 aliphatic rings. The fourth-order valence-electron chi connectivity index (χ4n) is 4.21. The molecule has 0 bridgehead atoms. The van der Waals surface area contributed by atoms with Gasteiger partial charge in [0.2, 0.25) is 11.8 Å². The SMILES string of the molecule is C[C@@H](O)[C@H](NC(=O)c1ccc(C#Cc2ccc(NC(=O)CCCCCN3CCCC3=O)cc2)cc1)C(=O)CO. The van der Waals surface area contributed by atoms with Crippen molar-refractivity contribution in [3.05, 3.63) is 65.2 Å². The fraction of sp³-hybridized carbons (Fsp3) is 0.400. The normalized spacial score (nSPS) is 14.2. The third-order valence-corrected chi connectivity index (χ3v) is 6.44. The van der Waals surface area contributed by atoms with Gasteiger partial charge in [-0.1, -0.05) is 18.3 Å². The lowest BCUT2D eigenvalue weighted by Crippen LogP contribution is -2.48. The number of carbonyl (C=O) groups is 4. The number of nitrogens with one attached hydrogen (secondary N) is 2. The van der Waals surface area contributed by atoms with Crippen molar-refractivity contribution >= 4 is 29.2 Å². The van der Waals surface area contributed by atoms with E-state index >= 15 is 0 Å². The van der Waals surface area contributed by atoms with Crippen LogP contribution in [0.5, 0.6) is 0 Å². The van der Waals surface area contributed by atoms with Gasteiger partial charge in [0.25, 0.3) is 5.91 Å². The van der Waals surface area contributed by atoms with Crippen LogP contribution in [0.4, 0.5) is 5.69 Å². The highest BCUT2D eigenvalue weighted by molar-refractivity contribution is 5.98. The Bertz CT molecular complexity index is 1210. The monoisotopic (exact) mass is 533 g/mol. The van der Waals surface area contributed by atoms with E-state index in [1.807, 2.05) is 17.0 Å². The lowest BCUT2D eigenvalue weighted by molar-refractivity contribution is -0.128. The van der Waals surface area contributed by atoms with Crippen molar-refractivity contribution in [3.8, 4) is 11.8 Å². The van der Waals surface area contributed by atoms with Crippen molar-refractivity contribution < 1.29 is 29.4 Å². The van der Waals surface area contributed by atoms with E-state index in [1.54, 1.807) is 36.4 Å². The van der Waals surface area contributed by atoms with Crippen molar-refractivity contribution in [3.63, 3.8) is 0 Å². The van der Waals surface area contributed by atoms with Gasteiger partial charge >= 0.3 is 0 Å². The zero-order chi connectivity index (χ0) is 28.2. The molecule has 1 fully saturated rings. The number of benzene rings is 2. The third kappa shape index (κ3) is 9.36. The first-order chi connectivity index (χ1) is 18.8. The Labute approximate surface area is 228 Å². The van der Waals surface area contributed by atoms with E-state index in [2.05, 4.69) is 22.5 Å². The van der Waals surface area contributed by atoms with Crippen LogP contribution in [0.1, 0.15) is 66.9 Å². The molecule has 0 saturated carbocycles. The van der Waals surface area contributed by atoms with E-state index in [0.29, 0.717) is 29.7 Å². The number of likely N-dealkylation sites (tertiary alicyclic amines) is 1. The van der Waals surface area contributed by atoms with Gasteiger partial charge in [-0.3, -0.25) is 19.2 Å². The molecule has 2 aromatic carbocycles. The molecule has 0 aliphatic carbocycles. The molecule has 2 atom stereocenters. The Morgan fingerprint density at radius 2 is 1.62 bits per heavy atom. The Balaban J connectivity index is 1.43. The highest BCUT2D eigenvalue weighted by atomic mass is 16.3. The molecular weight excluding hydrogens is 498 g/mol. The molecule has 1 aliphatic heterocycles. The standard InChI is InChI=1S/C30H35N3O6/c1-21(35)29(26(36)20-34)32-30(39)24-14-10-22(11-15-24)8-9-23-12-16-25(17-13-23)31-27(37)6-3-2-4-18-33-19-5-7-28(33)38/h10-17,21,29,34-35H,2-7,18-20H2,1H3,(H,31,37)(H,32,39)/t21-,29+/m1/s1. The summed E-state index contributed by atoms with van der Waals surface area (Å²) in [6, 6.07) is 12.5. The van der Waals surface area contributed by atoms with Crippen LogP contribution in [-0.2, 0) is 14.4 Å². The smallest absolute Gasteiger partial charge is 0.251 e. The number of unbranched alkanes of at least 4 members (excludes halogenated alkanes) is 2. The number of rotatable bonds is 12. The minimum absolute atomic E-state index is 0.0456. The Kier molecular flexibility index (Phi) is 11.2. The number of nitrogens with zero attached hydrogens (tertiary/aromatic N) is 1. The van der Waals surface area contributed by atoms with Crippen molar-refractivity contribution in [2.24, 2.45) is 0 Å². The summed E-state index contributed by atoms with van der Waals surface area (Å²) in [6.45, 7) is 2.22. The summed E-state index contributed by atoms with van der Waals surface area (Å²) in [4.78, 5) is 49.8. The molecule has 206 valence electrons. The molecule has 0 spiro atoms. The van der Waals surface area contributed by atoms with Crippen LogP contribution in [0.25, 0.3) is 0 Å². The quantitative estimate of drug-likeness (QED) is 0.244. The van der Waals surface area contributed by atoms with Gasteiger partial charge < -0.3 is 25.7 Å². The van der Waals surface area contributed by atoms with Gasteiger partial charge in [-0.15, -0.1) is 0 Å². The summed E-state index contributed by atoms with van der Waals surface area (Å²) in [5, 5.41) is 24.0. The van der Waals surface area contributed by atoms with Gasteiger partial charge in [0, 0.05) is 48.3 Å². The van der Waals surface area contributed by atoms with E-state index in [-0.39, 0.29) is 11.8 Å². The largest absolute Gasteiger partial charge is 0.391 e. The summed E-state index contributed by atoms with van der Waals surface area (Å²) < 4.78 is 0. The maximum Gasteiger partial charge on any atom is 0.251 e. The average Bonchev–Trinajstić information content (AvgIpc) is 3.35. The van der Waals surface area contributed by atoms with Crippen LogP contribution in [-0.4, -0.2) is 70.5 Å². The molecule has 39 heavy (non-hydrogen) atoms. The number of amides is 3. The van der Waals surface area contributed by atoms with Gasteiger partial charge in [0.15, 0.2) is 5.78 Å². The molecule has 4 N–H and O–H groups in total. The van der Waals surface area contributed by atoms with Crippen LogP contribution in [0.3, 0.4) is 0 Å². The van der Waals surface area contributed by atoms with Crippen molar-refractivity contribution in [2.45, 2.75) is 57.6 Å². The van der Waals surface area contributed by atoms with Gasteiger partial charge in [-0.25, -0.2) is 0 Å². The zero-order valence-electron chi connectivity index (χ0n) is 22.1. The van der Waals surface area contributed by atoms with Crippen molar-refractivity contribution in [2.75, 3.05) is 25.0 Å². The highest BCUT2D eigenvalue weighted by Crippen LogP contribution is 2.13. The van der Waals surface area contributed by atoms with Gasteiger partial charge in [-0.2, -0.15) is 0 Å². The topological polar surface area (TPSA) is 136 Å². The Hall–Kier alpha value is -4.00. The number of ketones is 1. The van der Waals surface area contributed by atoms with Crippen LogP contribution >= 0.6 is 0 Å². The number of carbonyl (C=O) groups excluding carboxylic acids is 4. The molecule has 0 unspecified atom stereocenters. The molecule has 9 nitrogen and oxygen atoms in total. The molecule has 9 heteroatoms. The van der Waals surface area contributed by atoms with Crippen LogP contribution in [0, 0.1) is 11.8 Å². The molecule has 0 radical (unpaired) electrons. The van der Waals surface area contributed by atoms with Gasteiger partial charge in [0.05, 0.1) is 6.10 Å². The molecule has 3 rings (SSSR count). The first-order valence-electron chi connectivity index (χ1n) is 13.2. The van der Waals surface area contributed by atoms with Crippen LogP contribution in [0.2, 0.25) is 0 Å². The summed E-state index contributed by atoms with van der Waals surface area (Å²) in [5.74, 6) is 5.03. The number of hydrogen-bond donors (Lipinski definition) is 4. The van der Waals surface area contributed by atoms with Crippen molar-refractivity contribution in [1.29, 1.82) is 0 Å². The molecule has 3 amide bonds. The summed E-state index contributed by atoms with van der Waals surface area (Å²) in [5.41, 5.74) is 2.42. The predicted molar refractivity (Wildman–Crippen MR) is 147 cm³/mol. The summed E-state index contributed by atoms with van der Waals surface area (Å²) >= 11 is 0. The Morgan fingerprint density at radius 3 is 2.18 bits per heavy atom. The van der Waals surface area contributed by atoms with Gasteiger partial charge in [-0.05, 0) is 74.7 Å². The van der Waals surface area contributed by atoms with E-state index < -0.39 is 30.4 Å². The van der Waals surface area contributed by atoms with E-state index in [0.717, 1.165) is 44.3 Å². The fourth-order valence-corrected chi connectivity index (χ4v) is 4.21. The van der Waals surface area contributed by atoms with E-state index in [9.17, 15) is 24.3 Å². The zero-order valence-corrected chi connectivity index (χ0v) is 22.1. The summed E-state index contributed by atoms with van der Waals surface area (Å²) in [7, 11) is 0. The molecule has 1 saturated heterocycles. The average molecular weight is 534 g/mol. The molecular formula is C30H35N3O6. The maximum absolute atomic E-state index is 12.4. The minimum Gasteiger partial charge on any atom is -0.391 e. The molecule has 2 aromatic rings. The molecule has 0 aromatic heterocycles. The summed E-state index contributed by atoms with van der Waals surface area (Å²) in [6.07, 6.45) is 3.50. The van der Waals surface area contributed by atoms with Gasteiger partial charge in [0.1, 0.15) is 12.6 Å². The molecule has 1 heterocycles. The second-order valence-electron chi connectivity index (χ2n) is 9.56. The highest BCUT2D eigenvalue weighted by Gasteiger charge is 2.25. The van der Waals surface area contributed by atoms with E-state index in [4.69, 9.17) is 5.11 Å². The number of anilines is 1. The van der Waals surface area contributed by atoms with Crippen LogP contribution in [0.15, 0.2) is 48.5 Å². The number of aliphatic hydroxyl groups is 2. The minimum atomic E-state index is -1.19.